The number of hydrogen-bond acceptors (Lipinski definition) is 4. The number of oxazole rings is 1. The van der Waals surface area contributed by atoms with Crippen molar-refractivity contribution in [2.24, 2.45) is 0 Å². The maximum Gasteiger partial charge on any atom is 0.420 e. The van der Waals surface area contributed by atoms with Gasteiger partial charge in [0, 0.05) is 31.3 Å². The largest absolute Gasteiger partial charge is 0.420 e. The first-order chi connectivity index (χ1) is 13.4. The lowest BCUT2D eigenvalue weighted by Crippen LogP contribution is -2.52. The third kappa shape index (κ3) is 3.52. The fourth-order valence-corrected chi connectivity index (χ4v) is 5.17. The molecule has 1 aliphatic heterocycles. The predicted octanol–water partition coefficient (Wildman–Crippen LogP) is 4.42. The molecule has 1 aliphatic carbocycles. The quantitative estimate of drug-likeness (QED) is 0.776. The number of aromatic nitrogens is 1. The van der Waals surface area contributed by atoms with E-state index in [4.69, 9.17) is 9.15 Å². The predicted molar refractivity (Wildman–Crippen MR) is 107 cm³/mol. The van der Waals surface area contributed by atoms with Gasteiger partial charge in [-0.2, -0.15) is 0 Å². The molecule has 6 heteroatoms. The van der Waals surface area contributed by atoms with E-state index in [-0.39, 0.29) is 17.2 Å². The highest BCUT2D eigenvalue weighted by Crippen LogP contribution is 2.38. The van der Waals surface area contributed by atoms with Gasteiger partial charge in [0.05, 0.1) is 11.6 Å². The summed E-state index contributed by atoms with van der Waals surface area (Å²) >= 11 is 0. The Morgan fingerprint density at radius 1 is 1.21 bits per heavy atom. The Morgan fingerprint density at radius 3 is 2.54 bits per heavy atom. The van der Waals surface area contributed by atoms with Crippen molar-refractivity contribution in [3.8, 4) is 0 Å². The summed E-state index contributed by atoms with van der Waals surface area (Å²) in [7, 11) is 0. The molecule has 0 bridgehead atoms. The average Bonchev–Trinajstić information content (AvgIpc) is 3.00. The third-order valence-corrected chi connectivity index (χ3v) is 6.82. The third-order valence-electron chi connectivity index (χ3n) is 6.82. The molecule has 28 heavy (non-hydrogen) atoms. The summed E-state index contributed by atoms with van der Waals surface area (Å²) in [4.78, 5) is 15.0. The Bertz CT molecular complexity index is 887. The summed E-state index contributed by atoms with van der Waals surface area (Å²) in [6, 6.07) is 3.33. The van der Waals surface area contributed by atoms with Gasteiger partial charge in [0.2, 0.25) is 0 Å². The first-order valence-electron chi connectivity index (χ1n) is 10.6. The van der Waals surface area contributed by atoms with Crippen LogP contribution in [-0.2, 0) is 4.74 Å². The van der Waals surface area contributed by atoms with Gasteiger partial charge in [-0.05, 0) is 77.0 Å². The number of ether oxygens (including phenoxy) is 1. The molecule has 2 heterocycles. The summed E-state index contributed by atoms with van der Waals surface area (Å²) in [6.45, 7) is 8.97. The number of likely N-dealkylation sites (tertiary alicyclic amines) is 1. The van der Waals surface area contributed by atoms with Crippen molar-refractivity contribution in [1.82, 2.24) is 9.47 Å². The Balaban J connectivity index is 1.47. The van der Waals surface area contributed by atoms with Crippen LogP contribution in [0.15, 0.2) is 21.3 Å². The van der Waals surface area contributed by atoms with Crippen molar-refractivity contribution in [1.29, 1.82) is 0 Å². The Kier molecular flexibility index (Phi) is 5.36. The molecule has 0 spiro atoms. The Morgan fingerprint density at radius 2 is 1.89 bits per heavy atom. The number of rotatable bonds is 4. The second kappa shape index (κ2) is 7.64. The van der Waals surface area contributed by atoms with Gasteiger partial charge in [0.1, 0.15) is 0 Å². The van der Waals surface area contributed by atoms with Crippen LogP contribution in [0.25, 0.3) is 11.1 Å². The standard InChI is InChI=1S/C22H31FN2O3/c1-4-27-17-5-9-22(3,10-6-17)24-11-7-16(8-12-24)25-19-14-15(2)13-18(23)20(19)28-21(25)26/h13-14,16-17H,4-12H2,1-3H3. The van der Waals surface area contributed by atoms with E-state index in [0.29, 0.717) is 11.6 Å². The van der Waals surface area contributed by atoms with Crippen LogP contribution < -0.4 is 5.76 Å². The first kappa shape index (κ1) is 19.6. The zero-order chi connectivity index (χ0) is 19.9. The highest BCUT2D eigenvalue weighted by Gasteiger charge is 2.38. The van der Waals surface area contributed by atoms with E-state index >= 15 is 0 Å². The summed E-state index contributed by atoms with van der Waals surface area (Å²) in [6.07, 6.45) is 6.72. The lowest BCUT2D eigenvalue weighted by Gasteiger charge is -2.48. The van der Waals surface area contributed by atoms with Crippen LogP contribution in [0.5, 0.6) is 0 Å². The second-order valence-corrected chi connectivity index (χ2v) is 8.70. The van der Waals surface area contributed by atoms with Gasteiger partial charge in [-0.25, -0.2) is 9.18 Å². The molecule has 1 aromatic carbocycles. The fourth-order valence-electron chi connectivity index (χ4n) is 5.17. The lowest BCUT2D eigenvalue weighted by atomic mass is 9.79. The fraction of sp³-hybridized carbons (Fsp3) is 0.682. The molecule has 4 rings (SSSR count). The van der Waals surface area contributed by atoms with Gasteiger partial charge in [-0.1, -0.05) is 0 Å². The number of halogens is 1. The minimum Gasteiger partial charge on any atom is -0.405 e. The summed E-state index contributed by atoms with van der Waals surface area (Å²) in [5.74, 6) is -0.900. The Hall–Kier alpha value is -1.66. The molecule has 1 saturated carbocycles. The molecule has 0 unspecified atom stereocenters. The highest BCUT2D eigenvalue weighted by atomic mass is 19.1. The zero-order valence-electron chi connectivity index (χ0n) is 17.2. The van der Waals surface area contributed by atoms with E-state index in [9.17, 15) is 9.18 Å². The van der Waals surface area contributed by atoms with Crippen molar-refractivity contribution in [3.05, 3.63) is 34.1 Å². The monoisotopic (exact) mass is 390 g/mol. The number of hydrogen-bond donors (Lipinski definition) is 0. The molecular formula is C22H31FN2O3. The minimum atomic E-state index is -0.457. The molecule has 1 aromatic heterocycles. The molecule has 0 N–H and O–H groups in total. The average molecular weight is 390 g/mol. The van der Waals surface area contributed by atoms with Crippen LogP contribution in [-0.4, -0.2) is 40.8 Å². The summed E-state index contributed by atoms with van der Waals surface area (Å²) in [5, 5.41) is 0. The van der Waals surface area contributed by atoms with Crippen LogP contribution in [0.1, 0.15) is 64.0 Å². The van der Waals surface area contributed by atoms with Crippen molar-refractivity contribution in [2.75, 3.05) is 19.7 Å². The van der Waals surface area contributed by atoms with Crippen LogP contribution in [0.2, 0.25) is 0 Å². The Labute approximate surface area is 165 Å². The number of aryl methyl sites for hydroxylation is 1. The normalized spacial score (nSPS) is 27.5. The summed E-state index contributed by atoms with van der Waals surface area (Å²) in [5.41, 5.74) is 1.68. The molecule has 1 saturated heterocycles. The number of nitrogens with zero attached hydrogens (tertiary/aromatic N) is 2. The van der Waals surface area contributed by atoms with Crippen molar-refractivity contribution in [2.45, 2.75) is 77.0 Å². The van der Waals surface area contributed by atoms with Crippen LogP contribution in [0.3, 0.4) is 0 Å². The molecule has 0 radical (unpaired) electrons. The van der Waals surface area contributed by atoms with Gasteiger partial charge in [-0.15, -0.1) is 0 Å². The van der Waals surface area contributed by atoms with Crippen molar-refractivity contribution < 1.29 is 13.5 Å². The number of fused-ring (bicyclic) bond motifs is 1. The van der Waals surface area contributed by atoms with E-state index in [1.54, 1.807) is 4.57 Å². The van der Waals surface area contributed by atoms with E-state index < -0.39 is 11.6 Å². The second-order valence-electron chi connectivity index (χ2n) is 8.70. The van der Waals surface area contributed by atoms with E-state index in [1.165, 1.54) is 6.07 Å². The molecule has 2 fully saturated rings. The van der Waals surface area contributed by atoms with Crippen molar-refractivity contribution in [3.63, 3.8) is 0 Å². The molecule has 2 aromatic rings. The molecule has 154 valence electrons. The van der Waals surface area contributed by atoms with Crippen molar-refractivity contribution >= 4 is 11.1 Å². The number of benzene rings is 1. The minimum absolute atomic E-state index is 0.0644. The van der Waals surface area contributed by atoms with Crippen LogP contribution in [0, 0.1) is 12.7 Å². The van der Waals surface area contributed by atoms with E-state index in [2.05, 4.69) is 18.7 Å². The van der Waals surface area contributed by atoms with Crippen LogP contribution in [0.4, 0.5) is 4.39 Å². The van der Waals surface area contributed by atoms with Gasteiger partial charge < -0.3 is 9.15 Å². The lowest BCUT2D eigenvalue weighted by molar-refractivity contribution is -0.0274. The zero-order valence-corrected chi connectivity index (χ0v) is 17.2. The SMILES string of the molecule is CCOC1CCC(C)(N2CCC(n3c(=O)oc4c(F)cc(C)cc43)CC2)CC1. The van der Waals surface area contributed by atoms with Gasteiger partial charge >= 0.3 is 5.76 Å². The maximum absolute atomic E-state index is 14.2. The van der Waals surface area contributed by atoms with E-state index in [1.807, 2.05) is 13.0 Å². The maximum atomic E-state index is 14.2. The van der Waals surface area contributed by atoms with Gasteiger partial charge in [0.25, 0.3) is 0 Å². The topological polar surface area (TPSA) is 47.6 Å². The molecule has 0 amide bonds. The smallest absolute Gasteiger partial charge is 0.405 e. The highest BCUT2D eigenvalue weighted by molar-refractivity contribution is 5.74. The summed E-state index contributed by atoms with van der Waals surface area (Å²) < 4.78 is 26.9. The van der Waals surface area contributed by atoms with Crippen LogP contribution >= 0.6 is 0 Å². The molecular weight excluding hydrogens is 359 g/mol. The molecule has 0 atom stereocenters. The first-order valence-corrected chi connectivity index (χ1v) is 10.6. The van der Waals surface area contributed by atoms with Gasteiger partial charge in [-0.3, -0.25) is 9.47 Å². The number of piperidine rings is 1. The molecule has 2 aliphatic rings. The van der Waals surface area contributed by atoms with E-state index in [0.717, 1.165) is 63.8 Å². The van der Waals surface area contributed by atoms with Gasteiger partial charge in [0.15, 0.2) is 11.4 Å². The molecule has 5 nitrogen and oxygen atoms in total.